The predicted octanol–water partition coefficient (Wildman–Crippen LogP) is 0.675. The molecule has 17 heavy (non-hydrogen) atoms. The summed E-state index contributed by atoms with van der Waals surface area (Å²) in [7, 11) is 0. The molecule has 2 N–H and O–H groups in total. The van der Waals surface area contributed by atoms with Gasteiger partial charge in [-0.25, -0.2) is 0 Å². The van der Waals surface area contributed by atoms with Gasteiger partial charge in [0.1, 0.15) is 6.04 Å². The highest BCUT2D eigenvalue weighted by molar-refractivity contribution is 5.73. The minimum atomic E-state index is -0.767. The van der Waals surface area contributed by atoms with Gasteiger partial charge in [0, 0.05) is 19.6 Å². The second-order valence-corrected chi connectivity index (χ2v) is 5.19. The Balaban J connectivity index is 2.39. The fraction of sp³-hybridized carbons (Fsp3) is 0.833. The van der Waals surface area contributed by atoms with Crippen molar-refractivity contribution in [2.75, 3.05) is 26.2 Å². The quantitative estimate of drug-likeness (QED) is 0.737. The van der Waals surface area contributed by atoms with Crippen molar-refractivity contribution < 1.29 is 9.90 Å². The number of rotatable bonds is 5. The lowest BCUT2D eigenvalue weighted by molar-refractivity contribution is -0.143. The van der Waals surface area contributed by atoms with Gasteiger partial charge < -0.3 is 10.4 Å². The number of nitriles is 1. The smallest absolute Gasteiger partial charge is 0.322 e. The molecule has 1 unspecified atom stereocenters. The topological polar surface area (TPSA) is 76.4 Å². The molecule has 1 saturated heterocycles. The van der Waals surface area contributed by atoms with E-state index in [0.717, 1.165) is 32.5 Å². The van der Waals surface area contributed by atoms with Crippen LogP contribution in [0.5, 0.6) is 0 Å². The van der Waals surface area contributed by atoms with Crippen molar-refractivity contribution in [3.63, 3.8) is 0 Å². The molecule has 0 saturated carbocycles. The van der Waals surface area contributed by atoms with Crippen molar-refractivity contribution in [2.45, 2.75) is 32.7 Å². The first-order chi connectivity index (χ1) is 7.96. The molecular formula is C12H21N3O2. The standard InChI is InChI=1S/C12H21N3O2/c1-12(2,9-13)4-3-6-15-7-5-14-8-10(15)11(16)17/h10,14H,3-8H2,1-2H3,(H,16,17). The van der Waals surface area contributed by atoms with Crippen LogP contribution in [0.2, 0.25) is 0 Å². The fourth-order valence-corrected chi connectivity index (χ4v) is 2.04. The van der Waals surface area contributed by atoms with Crippen molar-refractivity contribution in [1.82, 2.24) is 10.2 Å². The molecular weight excluding hydrogens is 218 g/mol. The van der Waals surface area contributed by atoms with E-state index >= 15 is 0 Å². The number of nitrogens with one attached hydrogen (secondary N) is 1. The monoisotopic (exact) mass is 239 g/mol. The van der Waals surface area contributed by atoms with E-state index in [2.05, 4.69) is 11.4 Å². The number of carboxylic acid groups (broad SMARTS) is 1. The first-order valence-corrected chi connectivity index (χ1v) is 6.05. The third-order valence-electron chi connectivity index (χ3n) is 3.19. The molecule has 0 aromatic rings. The summed E-state index contributed by atoms with van der Waals surface area (Å²) in [5, 5.41) is 21.1. The molecule has 1 atom stereocenters. The van der Waals surface area contributed by atoms with Gasteiger partial charge in [-0.2, -0.15) is 5.26 Å². The van der Waals surface area contributed by atoms with Crippen molar-refractivity contribution in [1.29, 1.82) is 5.26 Å². The molecule has 0 amide bonds. The molecule has 0 aromatic carbocycles. The van der Waals surface area contributed by atoms with Crippen LogP contribution in [0.1, 0.15) is 26.7 Å². The predicted molar refractivity (Wildman–Crippen MR) is 64.5 cm³/mol. The molecule has 1 aliphatic rings. The Morgan fingerprint density at radius 2 is 2.35 bits per heavy atom. The molecule has 0 radical (unpaired) electrons. The Hall–Kier alpha value is -1.12. The van der Waals surface area contributed by atoms with Crippen molar-refractivity contribution in [3.8, 4) is 6.07 Å². The van der Waals surface area contributed by atoms with Crippen LogP contribution in [0.25, 0.3) is 0 Å². The summed E-state index contributed by atoms with van der Waals surface area (Å²) in [6.45, 7) is 6.70. The average Bonchev–Trinajstić information content (AvgIpc) is 2.29. The van der Waals surface area contributed by atoms with Crippen molar-refractivity contribution >= 4 is 5.97 Å². The SMILES string of the molecule is CC(C)(C#N)CCCN1CCNCC1C(=O)O. The zero-order valence-corrected chi connectivity index (χ0v) is 10.6. The van der Waals surface area contributed by atoms with E-state index in [1.54, 1.807) is 0 Å². The molecule has 1 rings (SSSR count). The average molecular weight is 239 g/mol. The minimum absolute atomic E-state index is 0.313. The molecule has 0 aromatic heterocycles. The lowest BCUT2D eigenvalue weighted by Crippen LogP contribution is -2.55. The van der Waals surface area contributed by atoms with Crippen LogP contribution in [0.4, 0.5) is 0 Å². The second kappa shape index (κ2) is 5.99. The molecule has 1 fully saturated rings. The number of carbonyl (C=O) groups is 1. The maximum absolute atomic E-state index is 11.0. The molecule has 1 aliphatic heterocycles. The van der Waals surface area contributed by atoms with E-state index in [1.165, 1.54) is 0 Å². The van der Waals surface area contributed by atoms with Gasteiger partial charge >= 0.3 is 5.97 Å². The molecule has 0 aliphatic carbocycles. The summed E-state index contributed by atoms with van der Waals surface area (Å²) >= 11 is 0. The van der Waals surface area contributed by atoms with Gasteiger partial charge in [0.25, 0.3) is 0 Å². The highest BCUT2D eigenvalue weighted by atomic mass is 16.4. The Labute approximate surface area is 102 Å². The van der Waals surface area contributed by atoms with E-state index in [9.17, 15) is 4.79 Å². The van der Waals surface area contributed by atoms with Crippen LogP contribution in [-0.4, -0.2) is 48.2 Å². The van der Waals surface area contributed by atoms with E-state index in [0.29, 0.717) is 6.54 Å². The summed E-state index contributed by atoms with van der Waals surface area (Å²) in [4.78, 5) is 13.0. The number of carboxylic acids is 1. The van der Waals surface area contributed by atoms with Gasteiger partial charge in [0.2, 0.25) is 0 Å². The van der Waals surface area contributed by atoms with Crippen LogP contribution in [0.3, 0.4) is 0 Å². The van der Waals surface area contributed by atoms with E-state index < -0.39 is 12.0 Å². The van der Waals surface area contributed by atoms with Crippen LogP contribution in [0.15, 0.2) is 0 Å². The maximum Gasteiger partial charge on any atom is 0.322 e. The van der Waals surface area contributed by atoms with Crippen LogP contribution < -0.4 is 5.32 Å². The summed E-state index contributed by atoms with van der Waals surface area (Å²) in [6.07, 6.45) is 1.67. The molecule has 5 nitrogen and oxygen atoms in total. The number of hydrogen-bond acceptors (Lipinski definition) is 4. The number of hydrogen-bond donors (Lipinski definition) is 2. The highest BCUT2D eigenvalue weighted by Crippen LogP contribution is 2.21. The largest absolute Gasteiger partial charge is 0.480 e. The Kier molecular flexibility index (Phi) is 4.91. The lowest BCUT2D eigenvalue weighted by Gasteiger charge is -2.33. The fourth-order valence-electron chi connectivity index (χ4n) is 2.04. The molecule has 0 bridgehead atoms. The molecule has 96 valence electrons. The van der Waals surface area contributed by atoms with E-state index in [4.69, 9.17) is 10.4 Å². The zero-order valence-electron chi connectivity index (χ0n) is 10.6. The van der Waals surface area contributed by atoms with Crippen molar-refractivity contribution in [2.24, 2.45) is 5.41 Å². The Morgan fingerprint density at radius 1 is 1.65 bits per heavy atom. The van der Waals surface area contributed by atoms with Gasteiger partial charge in [0.05, 0.1) is 11.5 Å². The normalized spacial score (nSPS) is 22.1. The first kappa shape index (κ1) is 13.9. The minimum Gasteiger partial charge on any atom is -0.480 e. The molecule has 0 spiro atoms. The Morgan fingerprint density at radius 3 is 2.94 bits per heavy atom. The van der Waals surface area contributed by atoms with Gasteiger partial charge in [-0.05, 0) is 33.2 Å². The lowest BCUT2D eigenvalue weighted by atomic mass is 9.89. The van der Waals surface area contributed by atoms with E-state index in [-0.39, 0.29) is 5.41 Å². The molecule has 5 heteroatoms. The van der Waals surface area contributed by atoms with Gasteiger partial charge in [-0.3, -0.25) is 9.69 Å². The van der Waals surface area contributed by atoms with Gasteiger partial charge in [-0.1, -0.05) is 0 Å². The second-order valence-electron chi connectivity index (χ2n) is 5.19. The Bertz CT molecular complexity index is 309. The summed E-state index contributed by atoms with van der Waals surface area (Å²) in [5.41, 5.74) is -0.313. The zero-order chi connectivity index (χ0) is 12.9. The highest BCUT2D eigenvalue weighted by Gasteiger charge is 2.28. The summed E-state index contributed by atoms with van der Waals surface area (Å²) in [6, 6.07) is 1.84. The number of piperazine rings is 1. The number of nitrogens with zero attached hydrogens (tertiary/aromatic N) is 2. The van der Waals surface area contributed by atoms with E-state index in [1.807, 2.05) is 18.7 Å². The third-order valence-corrected chi connectivity index (χ3v) is 3.19. The number of aliphatic carboxylic acids is 1. The summed E-state index contributed by atoms with van der Waals surface area (Å²) < 4.78 is 0. The van der Waals surface area contributed by atoms with Crippen LogP contribution in [-0.2, 0) is 4.79 Å². The van der Waals surface area contributed by atoms with Crippen LogP contribution >= 0.6 is 0 Å². The summed E-state index contributed by atoms with van der Waals surface area (Å²) in [5.74, 6) is -0.767. The van der Waals surface area contributed by atoms with Crippen molar-refractivity contribution in [3.05, 3.63) is 0 Å². The van der Waals surface area contributed by atoms with Gasteiger partial charge in [-0.15, -0.1) is 0 Å². The van der Waals surface area contributed by atoms with Crippen LogP contribution in [0, 0.1) is 16.7 Å². The third kappa shape index (κ3) is 4.33. The van der Waals surface area contributed by atoms with Gasteiger partial charge in [0.15, 0.2) is 0 Å². The first-order valence-electron chi connectivity index (χ1n) is 6.05. The molecule has 1 heterocycles. The maximum atomic E-state index is 11.0.